The molecule has 21 heavy (non-hydrogen) atoms. The highest BCUT2D eigenvalue weighted by molar-refractivity contribution is 7.86. The lowest BCUT2D eigenvalue weighted by Gasteiger charge is -2.24. The van der Waals surface area contributed by atoms with Crippen LogP contribution in [0, 0.1) is 0 Å². The lowest BCUT2D eigenvalue weighted by molar-refractivity contribution is 0.0293. The van der Waals surface area contributed by atoms with Crippen LogP contribution in [-0.2, 0) is 14.9 Å². The van der Waals surface area contributed by atoms with Gasteiger partial charge in [0.1, 0.15) is 10.9 Å². The van der Waals surface area contributed by atoms with Crippen LogP contribution in [0.3, 0.4) is 0 Å². The number of ether oxygens (including phenoxy) is 1. The van der Waals surface area contributed by atoms with E-state index in [1.54, 1.807) is 20.8 Å². The van der Waals surface area contributed by atoms with Gasteiger partial charge < -0.3 is 9.64 Å². The molecule has 8 heteroatoms. The van der Waals surface area contributed by atoms with Crippen LogP contribution in [0.4, 0.5) is 4.79 Å². The second-order valence-electron chi connectivity index (χ2n) is 6.06. The van der Waals surface area contributed by atoms with Gasteiger partial charge in [-0.15, -0.1) is 11.3 Å². The van der Waals surface area contributed by atoms with Crippen molar-refractivity contribution < 1.29 is 22.5 Å². The van der Waals surface area contributed by atoms with E-state index < -0.39 is 33.0 Å². The Morgan fingerprint density at radius 1 is 1.43 bits per heavy atom. The molecule has 0 aliphatic carbocycles. The van der Waals surface area contributed by atoms with Crippen molar-refractivity contribution in [3.8, 4) is 0 Å². The monoisotopic (exact) mass is 333 g/mol. The van der Waals surface area contributed by atoms with Gasteiger partial charge in [0.05, 0.1) is 0 Å². The van der Waals surface area contributed by atoms with Gasteiger partial charge in [0.15, 0.2) is 0 Å². The van der Waals surface area contributed by atoms with Gasteiger partial charge in [-0.3, -0.25) is 4.55 Å². The SMILES string of the molecule is CC(C)(C)OC(=O)N1CC(c2cccs2)C(S(=O)(=O)O)C1. The molecular weight excluding hydrogens is 314 g/mol. The first-order valence-electron chi connectivity index (χ1n) is 6.55. The molecule has 1 fully saturated rings. The Morgan fingerprint density at radius 3 is 2.57 bits per heavy atom. The number of carbonyl (C=O) groups is 1. The topological polar surface area (TPSA) is 83.9 Å². The second kappa shape index (κ2) is 5.58. The molecule has 0 saturated carbocycles. The number of hydrogen-bond acceptors (Lipinski definition) is 5. The molecule has 1 aliphatic heterocycles. The zero-order valence-electron chi connectivity index (χ0n) is 12.1. The molecule has 1 amide bonds. The molecule has 0 radical (unpaired) electrons. The van der Waals surface area contributed by atoms with Crippen molar-refractivity contribution in [2.75, 3.05) is 13.1 Å². The van der Waals surface area contributed by atoms with Gasteiger partial charge in [0, 0.05) is 23.9 Å². The fourth-order valence-electron chi connectivity index (χ4n) is 2.33. The minimum absolute atomic E-state index is 0.0592. The van der Waals surface area contributed by atoms with Gasteiger partial charge >= 0.3 is 6.09 Å². The maximum Gasteiger partial charge on any atom is 0.410 e. The lowest BCUT2D eigenvalue weighted by Crippen LogP contribution is -2.36. The lowest BCUT2D eigenvalue weighted by atomic mass is 10.1. The Kier molecular flexibility index (Phi) is 4.32. The van der Waals surface area contributed by atoms with E-state index in [2.05, 4.69) is 0 Å². The molecule has 118 valence electrons. The molecule has 2 atom stereocenters. The van der Waals surface area contributed by atoms with Gasteiger partial charge in [-0.2, -0.15) is 8.42 Å². The van der Waals surface area contributed by atoms with Gasteiger partial charge in [-0.1, -0.05) is 6.07 Å². The first kappa shape index (κ1) is 16.3. The smallest absolute Gasteiger partial charge is 0.410 e. The molecule has 0 spiro atoms. The highest BCUT2D eigenvalue weighted by Crippen LogP contribution is 2.34. The molecule has 0 bridgehead atoms. The average Bonchev–Trinajstić information content (AvgIpc) is 2.94. The Bertz CT molecular complexity index is 603. The van der Waals surface area contributed by atoms with E-state index in [9.17, 15) is 17.8 Å². The number of rotatable bonds is 2. The van der Waals surface area contributed by atoms with E-state index in [0.29, 0.717) is 0 Å². The fraction of sp³-hybridized carbons (Fsp3) is 0.615. The van der Waals surface area contributed by atoms with E-state index in [0.717, 1.165) is 4.88 Å². The number of carbonyl (C=O) groups excluding carboxylic acids is 1. The molecule has 1 aromatic rings. The molecule has 1 aliphatic rings. The van der Waals surface area contributed by atoms with Crippen LogP contribution in [-0.4, -0.2) is 47.9 Å². The first-order valence-corrected chi connectivity index (χ1v) is 8.94. The van der Waals surface area contributed by atoms with Crippen LogP contribution in [0.25, 0.3) is 0 Å². The quantitative estimate of drug-likeness (QED) is 0.840. The van der Waals surface area contributed by atoms with E-state index >= 15 is 0 Å². The number of hydrogen-bond donors (Lipinski definition) is 1. The highest BCUT2D eigenvalue weighted by atomic mass is 32.2. The maximum absolute atomic E-state index is 12.1. The Hall–Kier alpha value is -1.12. The highest BCUT2D eigenvalue weighted by Gasteiger charge is 2.44. The summed E-state index contributed by atoms with van der Waals surface area (Å²) in [5, 5.41) is 0.829. The molecule has 2 unspecified atom stereocenters. The first-order chi connectivity index (χ1) is 9.58. The van der Waals surface area contributed by atoms with Gasteiger partial charge in [0.25, 0.3) is 10.1 Å². The molecule has 1 aromatic heterocycles. The van der Waals surface area contributed by atoms with Gasteiger partial charge in [0.2, 0.25) is 0 Å². The van der Waals surface area contributed by atoms with Crippen molar-refractivity contribution in [1.82, 2.24) is 4.90 Å². The van der Waals surface area contributed by atoms with E-state index in [1.807, 2.05) is 17.5 Å². The van der Waals surface area contributed by atoms with Crippen LogP contribution >= 0.6 is 11.3 Å². The van der Waals surface area contributed by atoms with Crippen LogP contribution in [0.1, 0.15) is 31.6 Å². The fourth-order valence-corrected chi connectivity index (χ4v) is 4.31. The molecule has 2 heterocycles. The maximum atomic E-state index is 12.1. The number of amides is 1. The predicted molar refractivity (Wildman–Crippen MR) is 80.2 cm³/mol. The molecule has 6 nitrogen and oxygen atoms in total. The van der Waals surface area contributed by atoms with Crippen molar-refractivity contribution >= 4 is 27.5 Å². The van der Waals surface area contributed by atoms with Crippen molar-refractivity contribution in [2.45, 2.75) is 37.5 Å². The van der Waals surface area contributed by atoms with Gasteiger partial charge in [-0.25, -0.2) is 4.79 Å². The number of nitrogens with zero attached hydrogens (tertiary/aromatic N) is 1. The zero-order chi connectivity index (χ0) is 15.8. The summed E-state index contributed by atoms with van der Waals surface area (Å²) in [5.74, 6) is -0.424. The summed E-state index contributed by atoms with van der Waals surface area (Å²) in [4.78, 5) is 14.3. The van der Waals surface area contributed by atoms with Crippen LogP contribution < -0.4 is 0 Å². The van der Waals surface area contributed by atoms with Crippen LogP contribution in [0.5, 0.6) is 0 Å². The number of likely N-dealkylation sites (tertiary alicyclic amines) is 1. The van der Waals surface area contributed by atoms with Crippen molar-refractivity contribution in [3.63, 3.8) is 0 Å². The molecule has 2 rings (SSSR count). The molecule has 0 aromatic carbocycles. The zero-order valence-corrected chi connectivity index (χ0v) is 13.8. The van der Waals surface area contributed by atoms with E-state index in [1.165, 1.54) is 16.2 Å². The van der Waals surface area contributed by atoms with E-state index in [-0.39, 0.29) is 13.1 Å². The van der Waals surface area contributed by atoms with E-state index in [4.69, 9.17) is 4.74 Å². The van der Waals surface area contributed by atoms with Crippen molar-refractivity contribution in [2.24, 2.45) is 0 Å². The number of thiophene rings is 1. The van der Waals surface area contributed by atoms with Crippen molar-refractivity contribution in [1.29, 1.82) is 0 Å². The summed E-state index contributed by atoms with van der Waals surface area (Å²) in [5.41, 5.74) is -0.647. The molecule has 1 saturated heterocycles. The summed E-state index contributed by atoms with van der Waals surface area (Å²) in [6, 6.07) is 3.63. The second-order valence-corrected chi connectivity index (χ2v) is 8.68. The molecular formula is C13H19NO5S2. The third kappa shape index (κ3) is 3.96. The standard InChI is InChI=1S/C13H19NO5S2/c1-13(2,3)19-12(15)14-7-9(10-5-4-6-20-10)11(8-14)21(16,17)18/h4-6,9,11H,7-8H2,1-3H3,(H,16,17,18). The van der Waals surface area contributed by atoms with Gasteiger partial charge in [-0.05, 0) is 32.2 Å². The molecule has 1 N–H and O–H groups in total. The Labute approximate surface area is 128 Å². The summed E-state index contributed by atoms with van der Waals surface area (Å²) < 4.78 is 37.8. The average molecular weight is 333 g/mol. The Balaban J connectivity index is 2.21. The largest absolute Gasteiger partial charge is 0.444 e. The summed E-state index contributed by atoms with van der Waals surface area (Å²) in [7, 11) is -4.23. The third-order valence-corrected chi connectivity index (χ3v) is 5.46. The normalized spacial score (nSPS) is 23.3. The Morgan fingerprint density at radius 2 is 2.10 bits per heavy atom. The predicted octanol–water partition coefficient (Wildman–Crippen LogP) is 2.34. The van der Waals surface area contributed by atoms with Crippen LogP contribution in [0.15, 0.2) is 17.5 Å². The van der Waals surface area contributed by atoms with Crippen molar-refractivity contribution in [3.05, 3.63) is 22.4 Å². The minimum Gasteiger partial charge on any atom is -0.444 e. The van der Waals surface area contributed by atoms with Crippen LogP contribution in [0.2, 0.25) is 0 Å². The summed E-state index contributed by atoms with van der Waals surface area (Å²) in [6.07, 6.45) is -0.560. The minimum atomic E-state index is -4.23. The summed E-state index contributed by atoms with van der Waals surface area (Å²) >= 11 is 1.41. The summed E-state index contributed by atoms with van der Waals surface area (Å²) in [6.45, 7) is 5.41. The third-order valence-electron chi connectivity index (χ3n) is 3.21.